The van der Waals surface area contributed by atoms with Crippen LogP contribution < -0.4 is 4.74 Å². The van der Waals surface area contributed by atoms with Crippen LogP contribution in [-0.2, 0) is 4.79 Å². The van der Waals surface area contributed by atoms with Gasteiger partial charge in [-0.2, -0.15) is 0 Å². The predicted molar refractivity (Wildman–Crippen MR) is 81.8 cm³/mol. The summed E-state index contributed by atoms with van der Waals surface area (Å²) in [4.78, 5) is 11.7. The van der Waals surface area contributed by atoms with Gasteiger partial charge in [-0.15, -0.1) is 0 Å². The Bertz CT molecular complexity index is 543. The highest BCUT2D eigenvalue weighted by Crippen LogP contribution is 2.22. The molecule has 1 atom stereocenters. The lowest BCUT2D eigenvalue weighted by molar-refractivity contribution is -0.124. The Balaban J connectivity index is 1.97. The predicted octanol–water partition coefficient (Wildman–Crippen LogP) is 4.35. The standard InChI is InChI=1S/C18H20O2/c1-3-14(2)18(19)13-20-17-11-9-16(10-12-17)15-7-5-4-6-8-15/h4-12,14H,3,13H2,1-2H3. The van der Waals surface area contributed by atoms with E-state index in [1.807, 2.05) is 56.3 Å². The lowest BCUT2D eigenvalue weighted by Crippen LogP contribution is -2.18. The molecule has 0 N–H and O–H groups in total. The average Bonchev–Trinajstić information content (AvgIpc) is 2.53. The number of rotatable bonds is 6. The second-order valence-corrected chi connectivity index (χ2v) is 4.95. The number of ether oxygens (including phenoxy) is 1. The maximum atomic E-state index is 11.7. The SMILES string of the molecule is CCC(C)C(=O)COc1ccc(-c2ccccc2)cc1. The number of carbonyl (C=O) groups excluding carboxylic acids is 1. The summed E-state index contributed by atoms with van der Waals surface area (Å²) in [7, 11) is 0. The van der Waals surface area contributed by atoms with Crippen molar-refractivity contribution in [2.45, 2.75) is 20.3 Å². The van der Waals surface area contributed by atoms with Crippen LogP contribution in [-0.4, -0.2) is 12.4 Å². The summed E-state index contributed by atoms with van der Waals surface area (Å²) >= 11 is 0. The third kappa shape index (κ3) is 3.70. The Hall–Kier alpha value is -2.09. The summed E-state index contributed by atoms with van der Waals surface area (Å²) in [6, 6.07) is 18.0. The Morgan fingerprint density at radius 3 is 2.20 bits per heavy atom. The molecule has 2 rings (SSSR count). The van der Waals surface area contributed by atoms with Crippen LogP contribution in [0.1, 0.15) is 20.3 Å². The molecule has 2 nitrogen and oxygen atoms in total. The lowest BCUT2D eigenvalue weighted by Gasteiger charge is -2.10. The molecule has 0 amide bonds. The van der Waals surface area contributed by atoms with Gasteiger partial charge in [0.1, 0.15) is 12.4 Å². The van der Waals surface area contributed by atoms with Crippen molar-refractivity contribution < 1.29 is 9.53 Å². The van der Waals surface area contributed by atoms with Gasteiger partial charge >= 0.3 is 0 Å². The fourth-order valence-corrected chi connectivity index (χ4v) is 1.90. The molecule has 0 aliphatic heterocycles. The van der Waals surface area contributed by atoms with E-state index in [1.165, 1.54) is 5.56 Å². The minimum Gasteiger partial charge on any atom is -0.486 e. The maximum Gasteiger partial charge on any atom is 0.172 e. The van der Waals surface area contributed by atoms with E-state index in [9.17, 15) is 4.79 Å². The molecule has 0 bridgehead atoms. The zero-order valence-electron chi connectivity index (χ0n) is 12.0. The van der Waals surface area contributed by atoms with E-state index >= 15 is 0 Å². The Kier molecular flexibility index (Phi) is 4.94. The Labute approximate surface area is 120 Å². The van der Waals surface area contributed by atoms with Crippen LogP contribution in [0, 0.1) is 5.92 Å². The van der Waals surface area contributed by atoms with Crippen LogP contribution >= 0.6 is 0 Å². The van der Waals surface area contributed by atoms with Crippen LogP contribution in [0.4, 0.5) is 0 Å². The van der Waals surface area contributed by atoms with E-state index in [4.69, 9.17) is 4.74 Å². The minimum atomic E-state index is 0.0681. The highest BCUT2D eigenvalue weighted by Gasteiger charge is 2.11. The summed E-state index contributed by atoms with van der Waals surface area (Å²) in [5, 5.41) is 0. The van der Waals surface area contributed by atoms with Crippen molar-refractivity contribution in [2.75, 3.05) is 6.61 Å². The summed E-state index contributed by atoms with van der Waals surface area (Å²) in [6.45, 7) is 4.10. The molecule has 0 fully saturated rings. The third-order valence-corrected chi connectivity index (χ3v) is 3.50. The summed E-state index contributed by atoms with van der Waals surface area (Å²) in [5.74, 6) is 0.958. The van der Waals surface area contributed by atoms with Gasteiger partial charge in [0, 0.05) is 5.92 Å². The van der Waals surface area contributed by atoms with E-state index in [-0.39, 0.29) is 18.3 Å². The molecule has 1 unspecified atom stereocenters. The number of hydrogen-bond acceptors (Lipinski definition) is 2. The number of hydrogen-bond donors (Lipinski definition) is 0. The molecule has 104 valence electrons. The molecule has 0 aliphatic rings. The average molecular weight is 268 g/mol. The van der Waals surface area contributed by atoms with Crippen molar-refractivity contribution in [3.8, 4) is 16.9 Å². The van der Waals surface area contributed by atoms with Gasteiger partial charge in [0.25, 0.3) is 0 Å². The lowest BCUT2D eigenvalue weighted by atomic mass is 10.0. The van der Waals surface area contributed by atoms with Gasteiger partial charge in [0.15, 0.2) is 5.78 Å². The molecule has 0 spiro atoms. The van der Waals surface area contributed by atoms with E-state index in [0.29, 0.717) is 0 Å². The van der Waals surface area contributed by atoms with E-state index in [2.05, 4.69) is 12.1 Å². The van der Waals surface area contributed by atoms with Crippen molar-refractivity contribution in [1.82, 2.24) is 0 Å². The molecule has 0 saturated carbocycles. The normalized spacial score (nSPS) is 11.9. The van der Waals surface area contributed by atoms with Gasteiger partial charge < -0.3 is 4.74 Å². The number of carbonyl (C=O) groups is 1. The van der Waals surface area contributed by atoms with Crippen molar-refractivity contribution in [1.29, 1.82) is 0 Å². The van der Waals surface area contributed by atoms with Crippen LogP contribution in [0.5, 0.6) is 5.75 Å². The van der Waals surface area contributed by atoms with E-state index in [1.54, 1.807) is 0 Å². The van der Waals surface area contributed by atoms with Gasteiger partial charge in [-0.05, 0) is 29.7 Å². The van der Waals surface area contributed by atoms with E-state index in [0.717, 1.165) is 17.7 Å². The van der Waals surface area contributed by atoms with Crippen LogP contribution in [0.15, 0.2) is 54.6 Å². The molecular weight excluding hydrogens is 248 g/mol. The first-order chi connectivity index (χ1) is 9.70. The van der Waals surface area contributed by atoms with Crippen LogP contribution in [0.3, 0.4) is 0 Å². The first-order valence-corrected chi connectivity index (χ1v) is 7.01. The zero-order chi connectivity index (χ0) is 14.4. The Morgan fingerprint density at radius 1 is 1.00 bits per heavy atom. The number of Topliss-reactive ketones (excluding diaryl/α,β-unsaturated/α-hetero) is 1. The summed E-state index contributed by atoms with van der Waals surface area (Å²) in [5.41, 5.74) is 2.32. The molecular formula is C18H20O2. The highest BCUT2D eigenvalue weighted by atomic mass is 16.5. The van der Waals surface area contributed by atoms with Crippen LogP contribution in [0.25, 0.3) is 11.1 Å². The maximum absolute atomic E-state index is 11.7. The fourth-order valence-electron chi connectivity index (χ4n) is 1.90. The molecule has 0 heterocycles. The van der Waals surface area contributed by atoms with E-state index < -0.39 is 0 Å². The molecule has 2 aromatic carbocycles. The highest BCUT2D eigenvalue weighted by molar-refractivity contribution is 5.82. The van der Waals surface area contributed by atoms with Crippen molar-refractivity contribution >= 4 is 5.78 Å². The van der Waals surface area contributed by atoms with Crippen LogP contribution in [0.2, 0.25) is 0 Å². The second kappa shape index (κ2) is 6.90. The van der Waals surface area contributed by atoms with Crippen molar-refractivity contribution in [3.05, 3.63) is 54.6 Å². The van der Waals surface area contributed by atoms with Crippen molar-refractivity contribution in [2.24, 2.45) is 5.92 Å². The third-order valence-electron chi connectivity index (χ3n) is 3.50. The molecule has 0 aliphatic carbocycles. The topological polar surface area (TPSA) is 26.3 Å². The first-order valence-electron chi connectivity index (χ1n) is 7.01. The first kappa shape index (κ1) is 14.3. The zero-order valence-corrected chi connectivity index (χ0v) is 12.0. The van der Waals surface area contributed by atoms with Crippen molar-refractivity contribution in [3.63, 3.8) is 0 Å². The summed E-state index contributed by atoms with van der Waals surface area (Å²) < 4.78 is 5.53. The summed E-state index contributed by atoms with van der Waals surface area (Å²) in [6.07, 6.45) is 0.856. The molecule has 0 radical (unpaired) electrons. The number of ketones is 1. The van der Waals surface area contributed by atoms with Gasteiger partial charge in [-0.1, -0.05) is 56.3 Å². The van der Waals surface area contributed by atoms with Gasteiger partial charge in [0.2, 0.25) is 0 Å². The quantitative estimate of drug-likeness (QED) is 0.778. The Morgan fingerprint density at radius 2 is 1.60 bits per heavy atom. The molecule has 0 aromatic heterocycles. The molecule has 2 heteroatoms. The van der Waals surface area contributed by atoms with Gasteiger partial charge in [-0.3, -0.25) is 4.79 Å². The van der Waals surface area contributed by atoms with Gasteiger partial charge in [0.05, 0.1) is 0 Å². The van der Waals surface area contributed by atoms with Gasteiger partial charge in [-0.25, -0.2) is 0 Å². The molecule has 0 saturated heterocycles. The number of benzene rings is 2. The second-order valence-electron chi connectivity index (χ2n) is 4.95. The molecule has 2 aromatic rings. The fraction of sp³-hybridized carbons (Fsp3) is 0.278. The largest absolute Gasteiger partial charge is 0.486 e. The molecule has 20 heavy (non-hydrogen) atoms. The smallest absolute Gasteiger partial charge is 0.172 e. The monoisotopic (exact) mass is 268 g/mol. The minimum absolute atomic E-state index is 0.0681.